The summed E-state index contributed by atoms with van der Waals surface area (Å²) < 4.78 is 12.9. The highest BCUT2D eigenvalue weighted by Gasteiger charge is 2.31. The van der Waals surface area contributed by atoms with Gasteiger partial charge in [-0.05, 0) is 62.0 Å². The molecule has 1 saturated heterocycles. The van der Waals surface area contributed by atoms with E-state index in [1.54, 1.807) is 11.8 Å². The zero-order valence-corrected chi connectivity index (χ0v) is 21.2. The average molecular weight is 509 g/mol. The molecule has 180 valence electrons. The highest BCUT2D eigenvalue weighted by atomic mass is 35.5. The van der Waals surface area contributed by atoms with Crippen molar-refractivity contribution in [2.24, 2.45) is 4.99 Å². The molecule has 2 aliphatic heterocycles. The Labute approximate surface area is 213 Å². The summed E-state index contributed by atoms with van der Waals surface area (Å²) in [7, 11) is 1.58. The van der Waals surface area contributed by atoms with Crippen LogP contribution in [0.25, 0.3) is 23.0 Å². The van der Waals surface area contributed by atoms with Gasteiger partial charge in [0.1, 0.15) is 11.4 Å². The number of hydrogen-bond acceptors (Lipinski definition) is 6. The molecule has 1 aromatic heterocycles. The van der Waals surface area contributed by atoms with Crippen LogP contribution in [-0.4, -0.2) is 58.2 Å². The molecule has 3 aromatic rings. The van der Waals surface area contributed by atoms with Gasteiger partial charge in [-0.15, -0.1) is 0 Å². The van der Waals surface area contributed by atoms with Gasteiger partial charge in [-0.3, -0.25) is 4.79 Å². The van der Waals surface area contributed by atoms with Gasteiger partial charge in [-0.25, -0.2) is 4.68 Å². The van der Waals surface area contributed by atoms with Gasteiger partial charge < -0.3 is 14.4 Å². The van der Waals surface area contributed by atoms with Crippen LogP contribution in [-0.2, 0) is 9.53 Å². The Morgan fingerprint density at radius 2 is 1.89 bits per heavy atom. The molecule has 9 heteroatoms. The highest BCUT2D eigenvalue weighted by molar-refractivity contribution is 8.18. The fourth-order valence-electron chi connectivity index (χ4n) is 4.25. The van der Waals surface area contributed by atoms with Crippen molar-refractivity contribution in [2.45, 2.75) is 26.1 Å². The molecule has 35 heavy (non-hydrogen) atoms. The predicted molar refractivity (Wildman–Crippen MR) is 140 cm³/mol. The van der Waals surface area contributed by atoms with Gasteiger partial charge in [0.25, 0.3) is 5.91 Å². The van der Waals surface area contributed by atoms with Gasteiger partial charge in [0.2, 0.25) is 0 Å². The predicted octanol–water partition coefficient (Wildman–Crippen LogP) is 5.28. The lowest BCUT2D eigenvalue weighted by atomic mass is 10.1. The molecule has 0 aliphatic carbocycles. The number of nitrogens with zero attached hydrogens (tertiary/aromatic N) is 4. The van der Waals surface area contributed by atoms with Crippen LogP contribution in [0.4, 0.5) is 0 Å². The fourth-order valence-corrected chi connectivity index (χ4v) is 5.43. The quantitative estimate of drug-likeness (QED) is 0.446. The molecule has 2 aliphatic rings. The van der Waals surface area contributed by atoms with Gasteiger partial charge in [0.05, 0.1) is 34.9 Å². The Balaban J connectivity index is 1.51. The van der Waals surface area contributed by atoms with Crippen molar-refractivity contribution in [3.8, 4) is 22.7 Å². The first-order valence-corrected chi connectivity index (χ1v) is 12.5. The van der Waals surface area contributed by atoms with Crippen LogP contribution in [0.15, 0.2) is 64.6 Å². The monoisotopic (exact) mass is 508 g/mol. The number of amidine groups is 1. The minimum absolute atomic E-state index is 0.0840. The summed E-state index contributed by atoms with van der Waals surface area (Å²) in [6.45, 7) is 5.48. The number of hydrogen-bond donors (Lipinski definition) is 0. The van der Waals surface area contributed by atoms with Crippen molar-refractivity contribution >= 4 is 40.5 Å². The standard InChI is InChI=1S/C26H25ClN4O3S/c1-16-13-30(14-17(2)34-16)26-28-25(32)23(35-26)12-19-15-31(20-7-5-4-6-8-20)29-24(19)18-9-10-22(33-3)21(27)11-18/h4-12,15-17H,13-14H2,1-3H3/b23-12-/t16-,17-/m1/s1. The first kappa shape index (κ1) is 23.7. The van der Waals surface area contributed by atoms with E-state index >= 15 is 0 Å². The number of morpholine rings is 1. The van der Waals surface area contributed by atoms with Crippen molar-refractivity contribution in [2.75, 3.05) is 20.2 Å². The first-order chi connectivity index (χ1) is 16.9. The van der Waals surface area contributed by atoms with E-state index in [0.29, 0.717) is 39.6 Å². The summed E-state index contributed by atoms with van der Waals surface area (Å²) >= 11 is 7.80. The number of carbonyl (C=O) groups excluding carboxylic acids is 1. The number of methoxy groups -OCH3 is 1. The summed E-state index contributed by atoms with van der Waals surface area (Å²) in [6, 6.07) is 15.4. The summed E-state index contributed by atoms with van der Waals surface area (Å²) in [5.74, 6) is 0.342. The van der Waals surface area contributed by atoms with Crippen LogP contribution in [0.3, 0.4) is 0 Å². The van der Waals surface area contributed by atoms with Crippen LogP contribution in [0.1, 0.15) is 19.4 Å². The lowest BCUT2D eigenvalue weighted by Gasteiger charge is -2.35. The third-order valence-electron chi connectivity index (χ3n) is 5.77. The molecule has 2 atom stereocenters. The number of amides is 1. The van der Waals surface area contributed by atoms with E-state index in [1.807, 2.05) is 74.7 Å². The minimum atomic E-state index is -0.247. The molecule has 0 N–H and O–H groups in total. The molecule has 0 radical (unpaired) electrons. The van der Waals surface area contributed by atoms with E-state index in [1.165, 1.54) is 11.8 Å². The second kappa shape index (κ2) is 9.89. The van der Waals surface area contributed by atoms with Gasteiger partial charge >= 0.3 is 0 Å². The van der Waals surface area contributed by atoms with Crippen molar-refractivity contribution in [3.63, 3.8) is 0 Å². The number of thioether (sulfide) groups is 1. The van der Waals surface area contributed by atoms with Crippen LogP contribution < -0.4 is 4.74 Å². The average Bonchev–Trinajstić information content (AvgIpc) is 3.43. The molecule has 5 rings (SSSR count). The SMILES string of the molecule is COc1ccc(-c2nn(-c3ccccc3)cc2/C=C2\SC(N3C[C@@H](C)O[C@H](C)C3)=NC2=O)cc1Cl. The van der Waals surface area contributed by atoms with Crippen molar-refractivity contribution in [1.82, 2.24) is 14.7 Å². The van der Waals surface area contributed by atoms with Crippen molar-refractivity contribution in [3.05, 3.63) is 70.2 Å². The van der Waals surface area contributed by atoms with Crippen molar-refractivity contribution < 1.29 is 14.3 Å². The maximum absolute atomic E-state index is 12.9. The number of ether oxygens (including phenoxy) is 2. The molecule has 1 amide bonds. The summed E-state index contributed by atoms with van der Waals surface area (Å²) in [4.78, 5) is 19.9. The maximum Gasteiger partial charge on any atom is 0.286 e. The first-order valence-electron chi connectivity index (χ1n) is 11.3. The molecule has 3 heterocycles. The Morgan fingerprint density at radius 1 is 1.14 bits per heavy atom. The van der Waals surface area contributed by atoms with E-state index in [4.69, 9.17) is 26.2 Å². The second-order valence-electron chi connectivity index (χ2n) is 8.53. The molecule has 0 bridgehead atoms. The van der Waals surface area contributed by atoms with Crippen LogP contribution in [0, 0.1) is 0 Å². The number of carbonyl (C=O) groups is 1. The van der Waals surface area contributed by atoms with E-state index in [9.17, 15) is 4.79 Å². The second-order valence-corrected chi connectivity index (χ2v) is 9.95. The number of benzene rings is 2. The lowest BCUT2D eigenvalue weighted by molar-refractivity contribution is -0.113. The van der Waals surface area contributed by atoms with Crippen LogP contribution in [0.5, 0.6) is 5.75 Å². The number of rotatable bonds is 4. The third kappa shape index (κ3) is 5.00. The van der Waals surface area contributed by atoms with Crippen LogP contribution >= 0.6 is 23.4 Å². The zero-order chi connectivity index (χ0) is 24.5. The number of para-hydroxylation sites is 1. The summed E-state index contributed by atoms with van der Waals surface area (Å²) in [5, 5.41) is 6.04. The Kier molecular flexibility index (Phi) is 6.69. The van der Waals surface area contributed by atoms with E-state index < -0.39 is 0 Å². The molecule has 2 aromatic carbocycles. The molecule has 0 spiro atoms. The molecule has 1 fully saturated rings. The topological polar surface area (TPSA) is 68.9 Å². The highest BCUT2D eigenvalue weighted by Crippen LogP contribution is 2.36. The summed E-state index contributed by atoms with van der Waals surface area (Å²) in [6.07, 6.45) is 3.94. The molecule has 7 nitrogen and oxygen atoms in total. The Hall–Kier alpha value is -3.07. The molecule has 0 unspecified atom stereocenters. The summed E-state index contributed by atoms with van der Waals surface area (Å²) in [5.41, 5.74) is 3.24. The third-order valence-corrected chi connectivity index (χ3v) is 7.11. The smallest absolute Gasteiger partial charge is 0.286 e. The minimum Gasteiger partial charge on any atom is -0.495 e. The Morgan fingerprint density at radius 3 is 2.57 bits per heavy atom. The number of aromatic nitrogens is 2. The molecular formula is C26H25ClN4O3S. The van der Waals surface area contributed by atoms with Crippen molar-refractivity contribution in [1.29, 1.82) is 0 Å². The maximum atomic E-state index is 12.9. The number of halogens is 1. The fraction of sp³-hybridized carbons (Fsp3) is 0.269. The van der Waals surface area contributed by atoms with Crippen LogP contribution in [0.2, 0.25) is 5.02 Å². The van der Waals surface area contributed by atoms with Gasteiger partial charge in [-0.1, -0.05) is 29.8 Å². The van der Waals surface area contributed by atoms with E-state index in [-0.39, 0.29) is 18.1 Å². The molecule has 0 saturated carbocycles. The van der Waals surface area contributed by atoms with Gasteiger partial charge in [-0.2, -0.15) is 10.1 Å². The molecular weight excluding hydrogens is 484 g/mol. The normalized spacial score (nSPS) is 21.5. The van der Waals surface area contributed by atoms with E-state index in [2.05, 4.69) is 9.89 Å². The van der Waals surface area contributed by atoms with E-state index in [0.717, 1.165) is 16.8 Å². The van der Waals surface area contributed by atoms with Gasteiger partial charge in [0.15, 0.2) is 5.17 Å². The Bertz CT molecular complexity index is 1310. The lowest BCUT2D eigenvalue weighted by Crippen LogP contribution is -2.47. The van der Waals surface area contributed by atoms with Gasteiger partial charge in [0, 0.05) is 30.4 Å². The largest absolute Gasteiger partial charge is 0.495 e. The number of aliphatic imine (C=N–C) groups is 1. The zero-order valence-electron chi connectivity index (χ0n) is 19.6.